The number of carbonyl (C=O) groups is 2. The molecule has 1 unspecified atom stereocenters. The number of nitrogens with one attached hydrogen (secondary N) is 3. The minimum atomic E-state index is -0.478. The van der Waals surface area contributed by atoms with Crippen molar-refractivity contribution in [1.82, 2.24) is 10.6 Å². The Balaban J connectivity index is 0.00000264. The summed E-state index contributed by atoms with van der Waals surface area (Å²) in [5, 5.41) is 9.10. The smallest absolute Gasteiger partial charge is 0.251 e. The maximum Gasteiger partial charge on any atom is 0.251 e. The largest absolute Gasteiger partial charge is 0.352 e. The molecular formula is C17H26ClN3O2. The summed E-state index contributed by atoms with van der Waals surface area (Å²) in [6.07, 6.45) is 2.62. The van der Waals surface area contributed by atoms with Gasteiger partial charge in [-0.3, -0.25) is 9.59 Å². The van der Waals surface area contributed by atoms with Crippen LogP contribution in [-0.2, 0) is 4.79 Å². The SMILES string of the molecule is CCNC(=O)c1ccc(C)c(NC(=O)C2(CC)CCCN2)c1.Cl. The van der Waals surface area contributed by atoms with Gasteiger partial charge in [0.05, 0.1) is 5.54 Å². The van der Waals surface area contributed by atoms with Gasteiger partial charge in [-0.05, 0) is 57.4 Å². The predicted octanol–water partition coefficient (Wildman–Crippen LogP) is 2.64. The summed E-state index contributed by atoms with van der Waals surface area (Å²) in [4.78, 5) is 24.6. The van der Waals surface area contributed by atoms with Crippen LogP contribution in [0.4, 0.5) is 5.69 Å². The predicted molar refractivity (Wildman–Crippen MR) is 95.3 cm³/mol. The third-order valence-corrected chi connectivity index (χ3v) is 4.37. The summed E-state index contributed by atoms with van der Waals surface area (Å²) >= 11 is 0. The molecule has 0 bridgehead atoms. The summed E-state index contributed by atoms with van der Waals surface area (Å²) in [6, 6.07) is 5.39. The molecule has 1 fully saturated rings. The second-order valence-corrected chi connectivity index (χ2v) is 5.81. The van der Waals surface area contributed by atoms with Crippen LogP contribution in [-0.4, -0.2) is 30.4 Å². The van der Waals surface area contributed by atoms with E-state index in [9.17, 15) is 9.59 Å². The van der Waals surface area contributed by atoms with Gasteiger partial charge in [0.1, 0.15) is 0 Å². The number of aryl methyl sites for hydroxylation is 1. The number of amides is 2. The van der Waals surface area contributed by atoms with Crippen molar-refractivity contribution in [2.45, 2.75) is 45.6 Å². The van der Waals surface area contributed by atoms with Gasteiger partial charge in [0.2, 0.25) is 5.91 Å². The van der Waals surface area contributed by atoms with Gasteiger partial charge in [0.15, 0.2) is 0 Å². The lowest BCUT2D eigenvalue weighted by molar-refractivity contribution is -0.122. The first-order chi connectivity index (χ1) is 10.5. The van der Waals surface area contributed by atoms with Crippen molar-refractivity contribution in [1.29, 1.82) is 0 Å². The quantitative estimate of drug-likeness (QED) is 0.772. The Morgan fingerprint density at radius 2 is 2.04 bits per heavy atom. The van der Waals surface area contributed by atoms with Crippen LogP contribution in [0, 0.1) is 6.92 Å². The van der Waals surface area contributed by atoms with Crippen LogP contribution < -0.4 is 16.0 Å². The van der Waals surface area contributed by atoms with Crippen molar-refractivity contribution in [3.05, 3.63) is 29.3 Å². The fourth-order valence-electron chi connectivity index (χ4n) is 2.86. The molecule has 0 radical (unpaired) electrons. The minimum absolute atomic E-state index is 0. The summed E-state index contributed by atoms with van der Waals surface area (Å²) in [5.41, 5.74) is 1.74. The van der Waals surface area contributed by atoms with E-state index in [1.807, 2.05) is 26.8 Å². The van der Waals surface area contributed by atoms with E-state index in [2.05, 4.69) is 16.0 Å². The first-order valence-electron chi connectivity index (χ1n) is 7.97. The molecule has 3 N–H and O–H groups in total. The summed E-state index contributed by atoms with van der Waals surface area (Å²) in [6.45, 7) is 7.29. The van der Waals surface area contributed by atoms with Gasteiger partial charge in [-0.2, -0.15) is 0 Å². The fourth-order valence-corrected chi connectivity index (χ4v) is 2.86. The minimum Gasteiger partial charge on any atom is -0.352 e. The molecule has 1 aliphatic rings. The van der Waals surface area contributed by atoms with Crippen molar-refractivity contribution in [3.63, 3.8) is 0 Å². The average molecular weight is 340 g/mol. The molecule has 1 atom stereocenters. The molecule has 0 aliphatic carbocycles. The Labute approximate surface area is 144 Å². The van der Waals surface area contributed by atoms with Crippen LogP contribution in [0.25, 0.3) is 0 Å². The average Bonchev–Trinajstić information content (AvgIpc) is 3.00. The second-order valence-electron chi connectivity index (χ2n) is 5.81. The Morgan fingerprint density at radius 3 is 2.61 bits per heavy atom. The molecule has 1 saturated heterocycles. The molecule has 1 aromatic carbocycles. The van der Waals surface area contributed by atoms with Gasteiger partial charge in [0, 0.05) is 17.8 Å². The Morgan fingerprint density at radius 1 is 1.30 bits per heavy atom. The van der Waals surface area contributed by atoms with Crippen molar-refractivity contribution < 1.29 is 9.59 Å². The standard InChI is InChI=1S/C17H25N3O2.ClH/c1-4-17(9-6-10-19-17)16(22)20-14-11-13(8-7-12(14)3)15(21)18-5-2;/h7-8,11,19H,4-6,9-10H2,1-3H3,(H,18,21)(H,20,22);1H. The van der Waals surface area contributed by atoms with Crippen LogP contribution in [0.1, 0.15) is 49.0 Å². The molecule has 128 valence electrons. The summed E-state index contributed by atoms with van der Waals surface area (Å²) < 4.78 is 0. The topological polar surface area (TPSA) is 70.2 Å². The summed E-state index contributed by atoms with van der Waals surface area (Å²) in [5.74, 6) is -0.133. The van der Waals surface area contributed by atoms with E-state index in [0.29, 0.717) is 17.8 Å². The van der Waals surface area contributed by atoms with Gasteiger partial charge in [0.25, 0.3) is 5.91 Å². The van der Waals surface area contributed by atoms with Crippen LogP contribution in [0.3, 0.4) is 0 Å². The lowest BCUT2D eigenvalue weighted by Gasteiger charge is -2.27. The molecule has 0 saturated carbocycles. The van der Waals surface area contributed by atoms with Crippen LogP contribution in [0.5, 0.6) is 0 Å². The van der Waals surface area contributed by atoms with E-state index < -0.39 is 5.54 Å². The zero-order valence-corrected chi connectivity index (χ0v) is 14.8. The van der Waals surface area contributed by atoms with E-state index in [4.69, 9.17) is 0 Å². The molecule has 1 aliphatic heterocycles. The van der Waals surface area contributed by atoms with Gasteiger partial charge in [-0.25, -0.2) is 0 Å². The first kappa shape index (κ1) is 19.5. The third kappa shape index (κ3) is 4.24. The molecular weight excluding hydrogens is 314 g/mol. The van der Waals surface area contributed by atoms with E-state index in [0.717, 1.165) is 31.4 Å². The van der Waals surface area contributed by atoms with E-state index in [1.54, 1.807) is 12.1 Å². The number of anilines is 1. The number of hydrogen-bond acceptors (Lipinski definition) is 3. The maximum atomic E-state index is 12.7. The van der Waals surface area contributed by atoms with Crippen molar-refractivity contribution >= 4 is 29.9 Å². The first-order valence-corrected chi connectivity index (χ1v) is 7.97. The third-order valence-electron chi connectivity index (χ3n) is 4.37. The lowest BCUT2D eigenvalue weighted by Crippen LogP contribution is -2.50. The van der Waals surface area contributed by atoms with Gasteiger partial charge < -0.3 is 16.0 Å². The van der Waals surface area contributed by atoms with E-state index in [1.165, 1.54) is 0 Å². The van der Waals surface area contributed by atoms with Crippen LogP contribution in [0.15, 0.2) is 18.2 Å². The van der Waals surface area contributed by atoms with Crippen LogP contribution in [0.2, 0.25) is 0 Å². The fraction of sp³-hybridized carbons (Fsp3) is 0.529. The number of halogens is 1. The van der Waals surface area contributed by atoms with Crippen molar-refractivity contribution in [2.24, 2.45) is 0 Å². The molecule has 1 heterocycles. The van der Waals surface area contributed by atoms with Crippen LogP contribution >= 0.6 is 12.4 Å². The second kappa shape index (κ2) is 8.31. The molecule has 5 nitrogen and oxygen atoms in total. The van der Waals surface area contributed by atoms with Crippen molar-refractivity contribution in [3.8, 4) is 0 Å². The van der Waals surface area contributed by atoms with Gasteiger partial charge in [-0.1, -0.05) is 13.0 Å². The molecule has 2 amide bonds. The van der Waals surface area contributed by atoms with Gasteiger partial charge in [-0.15, -0.1) is 12.4 Å². The highest BCUT2D eigenvalue weighted by Gasteiger charge is 2.39. The lowest BCUT2D eigenvalue weighted by atomic mass is 9.93. The maximum absolute atomic E-state index is 12.7. The Kier molecular flexibility index (Phi) is 7.03. The molecule has 0 spiro atoms. The highest BCUT2D eigenvalue weighted by Crippen LogP contribution is 2.26. The number of hydrogen-bond donors (Lipinski definition) is 3. The Bertz CT molecular complexity index is 569. The van der Waals surface area contributed by atoms with E-state index in [-0.39, 0.29) is 24.2 Å². The monoisotopic (exact) mass is 339 g/mol. The zero-order valence-electron chi connectivity index (χ0n) is 14.0. The Hall–Kier alpha value is -1.59. The number of carbonyl (C=O) groups excluding carboxylic acids is 2. The van der Waals surface area contributed by atoms with E-state index >= 15 is 0 Å². The normalized spacial score (nSPS) is 19.8. The highest BCUT2D eigenvalue weighted by molar-refractivity contribution is 6.01. The molecule has 2 rings (SSSR count). The summed E-state index contributed by atoms with van der Waals surface area (Å²) in [7, 11) is 0. The zero-order chi connectivity index (χ0) is 16.2. The molecule has 0 aromatic heterocycles. The molecule has 6 heteroatoms. The highest BCUT2D eigenvalue weighted by atomic mass is 35.5. The molecule has 23 heavy (non-hydrogen) atoms. The number of benzene rings is 1. The van der Waals surface area contributed by atoms with Gasteiger partial charge >= 0.3 is 0 Å². The van der Waals surface area contributed by atoms with Crippen molar-refractivity contribution in [2.75, 3.05) is 18.4 Å². The number of rotatable bonds is 5. The molecule has 1 aromatic rings.